The van der Waals surface area contributed by atoms with E-state index >= 15 is 0 Å². The van der Waals surface area contributed by atoms with Gasteiger partial charge in [-0.25, -0.2) is 0 Å². The quantitative estimate of drug-likeness (QED) is 0.435. The molecule has 0 radical (unpaired) electrons. The first-order chi connectivity index (χ1) is 13.7. The fourth-order valence-electron chi connectivity index (χ4n) is 4.15. The van der Waals surface area contributed by atoms with E-state index in [4.69, 9.17) is 0 Å². The number of allylic oxidation sites excluding steroid dienone is 6. The molecule has 0 saturated heterocycles. The van der Waals surface area contributed by atoms with Crippen LogP contribution in [0.1, 0.15) is 34.2 Å². The van der Waals surface area contributed by atoms with Crippen molar-refractivity contribution in [3.05, 3.63) is 143 Å². The Labute approximate surface area is 168 Å². The molecule has 1 aliphatic carbocycles. The third-order valence-corrected chi connectivity index (χ3v) is 5.61. The average molecular weight is 363 g/mol. The van der Waals surface area contributed by atoms with Crippen LogP contribution < -0.4 is 0 Å². The Morgan fingerprint density at radius 2 is 1.14 bits per heavy atom. The lowest BCUT2D eigenvalue weighted by atomic mass is 9.64. The molecule has 0 heteroatoms. The van der Waals surface area contributed by atoms with Crippen molar-refractivity contribution in [2.45, 2.75) is 25.7 Å². The summed E-state index contributed by atoms with van der Waals surface area (Å²) in [6.45, 7) is 4.29. The van der Waals surface area contributed by atoms with Crippen LogP contribution in [0.2, 0.25) is 0 Å². The van der Waals surface area contributed by atoms with Crippen molar-refractivity contribution in [1.82, 2.24) is 0 Å². The Hall–Kier alpha value is -3.12. The molecule has 0 unspecified atom stereocenters. The van der Waals surface area contributed by atoms with E-state index in [0.29, 0.717) is 0 Å². The normalized spacial score (nSPS) is 13.9. The van der Waals surface area contributed by atoms with Gasteiger partial charge in [0.1, 0.15) is 0 Å². The maximum atomic E-state index is 2.37. The van der Waals surface area contributed by atoms with Crippen LogP contribution in [0.15, 0.2) is 115 Å². The highest BCUT2D eigenvalue weighted by Crippen LogP contribution is 2.46. The lowest BCUT2D eigenvalue weighted by Crippen LogP contribution is -2.31. The molecular formula is C28H26. The summed E-state index contributed by atoms with van der Waals surface area (Å²) in [4.78, 5) is 0. The van der Waals surface area contributed by atoms with Crippen molar-refractivity contribution in [3.63, 3.8) is 0 Å². The first-order valence-electron chi connectivity index (χ1n) is 9.95. The Balaban J connectivity index is 2.08. The second kappa shape index (κ2) is 7.86. The minimum absolute atomic E-state index is 0.342. The molecule has 0 atom stereocenters. The lowest BCUT2D eigenvalue weighted by Gasteiger charge is -2.38. The molecule has 0 aliphatic heterocycles. The largest absolute Gasteiger partial charge is 0.0807 e. The molecule has 0 saturated carbocycles. The summed E-state index contributed by atoms with van der Waals surface area (Å²) in [5.41, 5.74) is 7.42. The maximum Gasteiger partial charge on any atom is 0.0698 e. The second-order valence-corrected chi connectivity index (χ2v) is 7.53. The molecule has 0 heterocycles. The molecule has 0 N–H and O–H groups in total. The van der Waals surface area contributed by atoms with Gasteiger partial charge < -0.3 is 0 Å². The zero-order valence-electron chi connectivity index (χ0n) is 16.6. The van der Waals surface area contributed by atoms with Crippen molar-refractivity contribution >= 4 is 0 Å². The number of hydrogen-bond acceptors (Lipinski definition) is 0. The molecule has 138 valence electrons. The lowest BCUT2D eigenvalue weighted by molar-refractivity contribution is 0.740. The predicted octanol–water partition coefficient (Wildman–Crippen LogP) is 7.08. The van der Waals surface area contributed by atoms with Gasteiger partial charge in [0.2, 0.25) is 0 Å². The summed E-state index contributed by atoms with van der Waals surface area (Å²) >= 11 is 0. The van der Waals surface area contributed by atoms with Gasteiger partial charge in [0, 0.05) is 0 Å². The summed E-state index contributed by atoms with van der Waals surface area (Å²) < 4.78 is 0. The van der Waals surface area contributed by atoms with Gasteiger partial charge in [-0.2, -0.15) is 0 Å². The van der Waals surface area contributed by atoms with Crippen LogP contribution in [0.4, 0.5) is 0 Å². The van der Waals surface area contributed by atoms with Crippen LogP contribution in [0.3, 0.4) is 0 Å². The van der Waals surface area contributed by atoms with Crippen molar-refractivity contribution < 1.29 is 0 Å². The van der Waals surface area contributed by atoms with Crippen LogP contribution in [0, 0.1) is 13.8 Å². The van der Waals surface area contributed by atoms with E-state index in [-0.39, 0.29) is 5.41 Å². The SMILES string of the molecule is Cc1ccc(C(C2=CCC=CC=C2)(c2ccccc2)c2ccc(C)cc2)cc1. The van der Waals surface area contributed by atoms with Crippen molar-refractivity contribution in [3.8, 4) is 0 Å². The molecule has 3 aromatic rings. The van der Waals surface area contributed by atoms with Gasteiger partial charge in [-0.15, -0.1) is 0 Å². The minimum Gasteiger partial charge on any atom is -0.0807 e. The van der Waals surface area contributed by atoms with Crippen molar-refractivity contribution in [2.75, 3.05) is 0 Å². The van der Waals surface area contributed by atoms with Gasteiger partial charge in [-0.3, -0.25) is 0 Å². The fourth-order valence-corrected chi connectivity index (χ4v) is 4.15. The van der Waals surface area contributed by atoms with Crippen LogP contribution in [0.5, 0.6) is 0 Å². The van der Waals surface area contributed by atoms with E-state index in [0.717, 1.165) is 6.42 Å². The predicted molar refractivity (Wildman–Crippen MR) is 120 cm³/mol. The molecule has 28 heavy (non-hydrogen) atoms. The van der Waals surface area contributed by atoms with Gasteiger partial charge >= 0.3 is 0 Å². The van der Waals surface area contributed by atoms with Crippen LogP contribution in [-0.2, 0) is 5.41 Å². The van der Waals surface area contributed by atoms with Crippen LogP contribution in [-0.4, -0.2) is 0 Å². The average Bonchev–Trinajstić information content (AvgIpc) is 3.02. The summed E-state index contributed by atoms with van der Waals surface area (Å²) in [6.07, 6.45) is 12.1. The Bertz CT molecular complexity index is 968. The number of rotatable bonds is 4. The zero-order valence-corrected chi connectivity index (χ0v) is 16.6. The summed E-state index contributed by atoms with van der Waals surface area (Å²) in [5.74, 6) is 0. The van der Waals surface area contributed by atoms with Crippen molar-refractivity contribution in [1.29, 1.82) is 0 Å². The number of hydrogen-bond donors (Lipinski definition) is 0. The van der Waals surface area contributed by atoms with E-state index in [2.05, 4.69) is 123 Å². The Morgan fingerprint density at radius 3 is 1.71 bits per heavy atom. The number of benzene rings is 3. The minimum atomic E-state index is -0.342. The molecule has 0 amide bonds. The highest BCUT2D eigenvalue weighted by atomic mass is 14.4. The fraction of sp³-hybridized carbons (Fsp3) is 0.143. The Morgan fingerprint density at radius 1 is 0.607 bits per heavy atom. The molecule has 0 spiro atoms. The maximum absolute atomic E-state index is 2.37. The van der Waals surface area contributed by atoms with Crippen LogP contribution in [0.25, 0.3) is 0 Å². The van der Waals surface area contributed by atoms with E-state index < -0.39 is 0 Å². The summed E-state index contributed by atoms with van der Waals surface area (Å²) in [7, 11) is 0. The molecule has 4 rings (SSSR count). The van der Waals surface area contributed by atoms with Gasteiger partial charge in [-0.05, 0) is 42.5 Å². The molecule has 0 bridgehead atoms. The summed E-state index contributed by atoms with van der Waals surface area (Å²) in [6, 6.07) is 28.9. The monoisotopic (exact) mass is 362 g/mol. The Kier molecular flexibility index (Phi) is 5.12. The molecule has 0 nitrogen and oxygen atoms in total. The van der Waals surface area contributed by atoms with Gasteiger partial charge in [-0.1, -0.05) is 120 Å². The smallest absolute Gasteiger partial charge is 0.0698 e. The second-order valence-electron chi connectivity index (χ2n) is 7.53. The first kappa shape index (κ1) is 18.3. The van der Waals surface area contributed by atoms with Gasteiger partial charge in [0.15, 0.2) is 0 Å². The van der Waals surface area contributed by atoms with Crippen molar-refractivity contribution in [2.24, 2.45) is 0 Å². The third kappa shape index (κ3) is 3.27. The summed E-state index contributed by atoms with van der Waals surface area (Å²) in [5, 5.41) is 0. The molecule has 0 aromatic heterocycles. The highest BCUT2D eigenvalue weighted by molar-refractivity contribution is 5.62. The zero-order chi connectivity index (χ0) is 19.4. The molecular weight excluding hydrogens is 336 g/mol. The topological polar surface area (TPSA) is 0 Å². The van der Waals surface area contributed by atoms with E-state index in [9.17, 15) is 0 Å². The van der Waals surface area contributed by atoms with E-state index in [1.807, 2.05) is 0 Å². The van der Waals surface area contributed by atoms with Crippen LogP contribution >= 0.6 is 0 Å². The van der Waals surface area contributed by atoms with E-state index in [1.165, 1.54) is 33.4 Å². The molecule has 0 fully saturated rings. The molecule has 1 aliphatic rings. The highest BCUT2D eigenvalue weighted by Gasteiger charge is 2.38. The third-order valence-electron chi connectivity index (χ3n) is 5.61. The standard InChI is InChI=1S/C28H26/c1-22-14-18-26(19-15-22)28(25-12-8-5-9-13-25,24-10-6-3-4-7-11-24)27-20-16-23(2)17-21-27/h3-6,8-21H,7H2,1-2H3. The van der Waals surface area contributed by atoms with Gasteiger partial charge in [0.05, 0.1) is 5.41 Å². The first-order valence-corrected chi connectivity index (χ1v) is 9.95. The molecule has 3 aromatic carbocycles. The van der Waals surface area contributed by atoms with Gasteiger partial charge in [0.25, 0.3) is 0 Å². The van der Waals surface area contributed by atoms with E-state index in [1.54, 1.807) is 0 Å². The number of aryl methyl sites for hydroxylation is 2.